The van der Waals surface area contributed by atoms with Crippen LogP contribution in [-0.2, 0) is 13.0 Å². The minimum absolute atomic E-state index is 0.353. The Hall–Kier alpha value is -2.14. The number of anilines is 2. The van der Waals surface area contributed by atoms with Crippen molar-refractivity contribution in [3.63, 3.8) is 0 Å². The zero-order chi connectivity index (χ0) is 18.3. The highest BCUT2D eigenvalue weighted by molar-refractivity contribution is 5.52. The fraction of sp³-hybridized carbons (Fsp3) is 0.524. The first-order valence-corrected chi connectivity index (χ1v) is 9.70. The van der Waals surface area contributed by atoms with Gasteiger partial charge < -0.3 is 15.3 Å². The number of nitrogens with one attached hydrogen (secondary N) is 1. The van der Waals surface area contributed by atoms with E-state index in [4.69, 9.17) is 9.97 Å². The van der Waals surface area contributed by atoms with Gasteiger partial charge in [-0.15, -0.1) is 0 Å². The van der Waals surface area contributed by atoms with E-state index in [9.17, 15) is 5.11 Å². The van der Waals surface area contributed by atoms with Gasteiger partial charge in [-0.05, 0) is 56.7 Å². The lowest BCUT2D eigenvalue weighted by Gasteiger charge is -2.31. The Kier molecular flexibility index (Phi) is 4.57. The first kappa shape index (κ1) is 17.3. The second kappa shape index (κ2) is 6.88. The van der Waals surface area contributed by atoms with Crippen molar-refractivity contribution in [3.05, 3.63) is 46.8 Å². The van der Waals surface area contributed by atoms with Crippen molar-refractivity contribution in [1.29, 1.82) is 0 Å². The number of hydrogen-bond acceptors (Lipinski definition) is 5. The zero-order valence-corrected chi connectivity index (χ0v) is 15.9. The summed E-state index contributed by atoms with van der Waals surface area (Å²) in [5.41, 5.74) is 3.67. The molecule has 4 rings (SSSR count). The monoisotopic (exact) mass is 352 g/mol. The Balaban J connectivity index is 1.60. The van der Waals surface area contributed by atoms with Crippen LogP contribution < -0.4 is 10.2 Å². The highest BCUT2D eigenvalue weighted by Gasteiger charge is 2.28. The molecule has 2 aromatic rings. The van der Waals surface area contributed by atoms with E-state index in [0.717, 1.165) is 42.5 Å². The summed E-state index contributed by atoms with van der Waals surface area (Å²) in [5.74, 6) is 3.48. The maximum Gasteiger partial charge on any atom is 0.136 e. The van der Waals surface area contributed by atoms with Crippen molar-refractivity contribution < 1.29 is 5.11 Å². The molecular formula is C21H28N4O. The first-order valence-electron chi connectivity index (χ1n) is 9.70. The van der Waals surface area contributed by atoms with E-state index in [1.165, 1.54) is 24.0 Å². The molecule has 5 heteroatoms. The van der Waals surface area contributed by atoms with Gasteiger partial charge in [-0.3, -0.25) is 0 Å². The predicted octanol–water partition coefficient (Wildman–Crippen LogP) is 3.79. The molecule has 2 aliphatic rings. The summed E-state index contributed by atoms with van der Waals surface area (Å²) in [5, 5.41) is 13.3. The van der Waals surface area contributed by atoms with Gasteiger partial charge >= 0.3 is 0 Å². The quantitative estimate of drug-likeness (QED) is 0.857. The van der Waals surface area contributed by atoms with Gasteiger partial charge in [0.05, 0.1) is 6.10 Å². The number of aromatic nitrogens is 2. The van der Waals surface area contributed by atoms with Crippen LogP contribution in [0, 0.1) is 0 Å². The van der Waals surface area contributed by atoms with E-state index in [1.807, 2.05) is 13.0 Å². The molecule has 2 heterocycles. The summed E-state index contributed by atoms with van der Waals surface area (Å²) < 4.78 is 0. The van der Waals surface area contributed by atoms with Crippen LogP contribution in [0.3, 0.4) is 0 Å². The number of hydrogen-bond donors (Lipinski definition) is 2. The van der Waals surface area contributed by atoms with Crippen LogP contribution in [0.25, 0.3) is 0 Å². The third-order valence-electron chi connectivity index (χ3n) is 5.16. The number of fused-ring (bicyclic) bond motifs is 1. The molecule has 1 saturated carbocycles. The Morgan fingerprint density at radius 3 is 2.62 bits per heavy atom. The first-order chi connectivity index (χ1) is 12.5. The normalized spacial score (nSPS) is 18.0. The van der Waals surface area contributed by atoms with Gasteiger partial charge in [-0.2, -0.15) is 0 Å². The Morgan fingerprint density at radius 1 is 1.12 bits per heavy atom. The zero-order valence-electron chi connectivity index (χ0n) is 15.9. The van der Waals surface area contributed by atoms with Crippen molar-refractivity contribution in [2.45, 2.75) is 64.6 Å². The maximum absolute atomic E-state index is 9.81. The van der Waals surface area contributed by atoms with Crippen LogP contribution in [0.5, 0.6) is 0 Å². The average molecular weight is 352 g/mol. The molecule has 0 spiro atoms. The molecule has 1 aromatic carbocycles. The van der Waals surface area contributed by atoms with Gasteiger partial charge in [-0.1, -0.05) is 18.2 Å². The summed E-state index contributed by atoms with van der Waals surface area (Å²) in [6, 6.07) is 8.78. The Labute approximate surface area is 155 Å². The smallest absolute Gasteiger partial charge is 0.136 e. The number of rotatable bonds is 5. The van der Waals surface area contributed by atoms with Crippen molar-refractivity contribution in [1.82, 2.24) is 9.97 Å². The van der Waals surface area contributed by atoms with Gasteiger partial charge in [0, 0.05) is 31.1 Å². The van der Waals surface area contributed by atoms with Crippen molar-refractivity contribution >= 4 is 11.6 Å². The predicted molar refractivity (Wildman–Crippen MR) is 105 cm³/mol. The number of aliphatic hydroxyl groups is 1. The van der Waals surface area contributed by atoms with Crippen LogP contribution in [0.1, 0.15) is 68.1 Å². The van der Waals surface area contributed by atoms with Gasteiger partial charge in [-0.25, -0.2) is 9.97 Å². The van der Waals surface area contributed by atoms with Crippen LogP contribution in [-0.4, -0.2) is 27.7 Å². The van der Waals surface area contributed by atoms with E-state index in [2.05, 4.69) is 42.3 Å². The molecule has 0 bridgehead atoms. The molecular weight excluding hydrogens is 324 g/mol. The molecule has 0 amide bonds. The molecule has 26 heavy (non-hydrogen) atoms. The van der Waals surface area contributed by atoms with Crippen LogP contribution in [0.2, 0.25) is 0 Å². The summed E-state index contributed by atoms with van der Waals surface area (Å²) in [6.45, 7) is 7.89. The highest BCUT2D eigenvalue weighted by atomic mass is 16.3. The molecule has 1 aliphatic carbocycles. The molecule has 5 nitrogen and oxygen atoms in total. The summed E-state index contributed by atoms with van der Waals surface area (Å²) in [7, 11) is 0. The van der Waals surface area contributed by atoms with Gasteiger partial charge in [0.15, 0.2) is 0 Å². The largest absolute Gasteiger partial charge is 0.389 e. The third kappa shape index (κ3) is 3.68. The van der Waals surface area contributed by atoms with E-state index < -0.39 is 6.10 Å². The van der Waals surface area contributed by atoms with Gasteiger partial charge in [0.2, 0.25) is 0 Å². The summed E-state index contributed by atoms with van der Waals surface area (Å²) >= 11 is 0. The molecule has 0 radical (unpaired) electrons. The molecule has 0 saturated heterocycles. The second-order valence-electron chi connectivity index (χ2n) is 7.92. The summed E-state index contributed by atoms with van der Waals surface area (Å²) in [4.78, 5) is 12.0. The van der Waals surface area contributed by atoms with Crippen LogP contribution in [0.15, 0.2) is 24.3 Å². The Morgan fingerprint density at radius 2 is 1.92 bits per heavy atom. The molecule has 2 N–H and O–H groups in total. The lowest BCUT2D eigenvalue weighted by molar-refractivity contribution is 0.199. The molecule has 0 unspecified atom stereocenters. The molecule has 1 aliphatic heterocycles. The fourth-order valence-electron chi connectivity index (χ4n) is 3.54. The number of aliphatic hydroxyl groups excluding tert-OH is 1. The standard InChI is InChI=1S/C21H28N4O/c1-13(2)22-19-11-20(24-21(23-19)15-4-5-15)25-9-8-17-10-16(14(3)26)6-7-18(17)12-25/h6-7,10-11,13-15,26H,4-5,8-9,12H2,1-3H3,(H,22,23,24)/t14-/m1/s1. The van der Waals surface area contributed by atoms with Crippen molar-refractivity contribution in [3.8, 4) is 0 Å². The number of nitrogens with zero attached hydrogens (tertiary/aromatic N) is 3. The van der Waals surface area contributed by atoms with Gasteiger partial charge in [0.1, 0.15) is 17.5 Å². The fourth-order valence-corrected chi connectivity index (χ4v) is 3.54. The van der Waals surface area contributed by atoms with E-state index in [-0.39, 0.29) is 0 Å². The topological polar surface area (TPSA) is 61.3 Å². The molecule has 1 atom stereocenters. The number of benzene rings is 1. The van der Waals surface area contributed by atoms with Gasteiger partial charge in [0.25, 0.3) is 0 Å². The second-order valence-corrected chi connectivity index (χ2v) is 7.92. The highest BCUT2D eigenvalue weighted by Crippen LogP contribution is 2.39. The van der Waals surface area contributed by atoms with Crippen LogP contribution >= 0.6 is 0 Å². The molecule has 1 fully saturated rings. The lowest BCUT2D eigenvalue weighted by Crippen LogP contribution is -2.31. The minimum Gasteiger partial charge on any atom is -0.389 e. The maximum atomic E-state index is 9.81. The summed E-state index contributed by atoms with van der Waals surface area (Å²) in [6.07, 6.45) is 2.97. The van der Waals surface area contributed by atoms with Crippen LogP contribution in [0.4, 0.5) is 11.6 Å². The SMILES string of the molecule is CC(C)Nc1cc(N2CCc3cc([C@@H](C)O)ccc3C2)nc(C2CC2)n1. The molecule has 138 valence electrons. The van der Waals surface area contributed by atoms with Crippen molar-refractivity contribution in [2.24, 2.45) is 0 Å². The minimum atomic E-state index is -0.411. The Bertz CT molecular complexity index is 799. The van der Waals surface area contributed by atoms with E-state index in [0.29, 0.717) is 12.0 Å². The third-order valence-corrected chi connectivity index (χ3v) is 5.16. The van der Waals surface area contributed by atoms with E-state index in [1.54, 1.807) is 0 Å². The van der Waals surface area contributed by atoms with Crippen molar-refractivity contribution in [2.75, 3.05) is 16.8 Å². The molecule has 1 aromatic heterocycles. The van der Waals surface area contributed by atoms with E-state index >= 15 is 0 Å². The average Bonchev–Trinajstić information content (AvgIpc) is 3.45. The lowest BCUT2D eigenvalue weighted by atomic mass is 9.96.